The monoisotopic (exact) mass is 370 g/mol. The van der Waals surface area contributed by atoms with Gasteiger partial charge in [0.1, 0.15) is 0 Å². The molecule has 4 nitrogen and oxygen atoms in total. The van der Waals surface area contributed by atoms with Crippen LogP contribution in [0.2, 0.25) is 0 Å². The van der Waals surface area contributed by atoms with Crippen molar-refractivity contribution in [3.63, 3.8) is 0 Å². The van der Waals surface area contributed by atoms with E-state index in [1.807, 2.05) is 29.3 Å². The highest BCUT2D eigenvalue weighted by molar-refractivity contribution is 7.12. The Morgan fingerprint density at radius 3 is 2.46 bits per heavy atom. The van der Waals surface area contributed by atoms with Crippen LogP contribution in [-0.4, -0.2) is 29.8 Å². The summed E-state index contributed by atoms with van der Waals surface area (Å²) >= 11 is 1.47. The molecule has 0 saturated carbocycles. The molecule has 2 heterocycles. The van der Waals surface area contributed by atoms with Gasteiger partial charge in [0, 0.05) is 19.0 Å². The first-order valence-corrected chi connectivity index (χ1v) is 10.2. The number of nitrogens with zero attached hydrogens (tertiary/aromatic N) is 1. The quantitative estimate of drug-likeness (QED) is 0.863. The summed E-state index contributed by atoms with van der Waals surface area (Å²) in [6.07, 6.45) is 2.47. The van der Waals surface area contributed by atoms with Gasteiger partial charge in [-0.3, -0.25) is 9.59 Å². The zero-order chi connectivity index (χ0) is 18.5. The molecule has 3 rings (SSSR count). The van der Waals surface area contributed by atoms with Gasteiger partial charge in [-0.1, -0.05) is 37.3 Å². The van der Waals surface area contributed by atoms with Gasteiger partial charge in [0.25, 0.3) is 5.91 Å². The fourth-order valence-electron chi connectivity index (χ4n) is 3.36. The van der Waals surface area contributed by atoms with Gasteiger partial charge in [0.2, 0.25) is 5.91 Å². The molecule has 2 aromatic rings. The van der Waals surface area contributed by atoms with Gasteiger partial charge in [-0.25, -0.2) is 0 Å². The first-order valence-electron chi connectivity index (χ1n) is 9.30. The van der Waals surface area contributed by atoms with Crippen molar-refractivity contribution in [1.82, 2.24) is 10.2 Å². The van der Waals surface area contributed by atoms with Crippen LogP contribution in [0.3, 0.4) is 0 Å². The SMILES string of the molecule is CCc1ccc(C(C)NC(=O)C2CCN(C(=O)c3cccs3)CC2)cc1. The van der Waals surface area contributed by atoms with E-state index in [4.69, 9.17) is 0 Å². The highest BCUT2D eigenvalue weighted by Crippen LogP contribution is 2.22. The van der Waals surface area contributed by atoms with E-state index < -0.39 is 0 Å². The van der Waals surface area contributed by atoms with Crippen molar-refractivity contribution in [2.24, 2.45) is 5.92 Å². The largest absolute Gasteiger partial charge is 0.349 e. The lowest BCUT2D eigenvalue weighted by Crippen LogP contribution is -2.43. The van der Waals surface area contributed by atoms with E-state index in [1.54, 1.807) is 0 Å². The molecule has 1 unspecified atom stereocenters. The summed E-state index contributed by atoms with van der Waals surface area (Å²) < 4.78 is 0. The highest BCUT2D eigenvalue weighted by atomic mass is 32.1. The molecular weight excluding hydrogens is 344 g/mol. The van der Waals surface area contributed by atoms with E-state index in [-0.39, 0.29) is 23.8 Å². The second-order valence-electron chi connectivity index (χ2n) is 6.87. The van der Waals surface area contributed by atoms with Crippen molar-refractivity contribution in [1.29, 1.82) is 0 Å². The van der Waals surface area contributed by atoms with Crippen LogP contribution in [0.5, 0.6) is 0 Å². The summed E-state index contributed by atoms with van der Waals surface area (Å²) in [5.74, 6) is 0.170. The van der Waals surface area contributed by atoms with Gasteiger partial charge >= 0.3 is 0 Å². The fraction of sp³-hybridized carbons (Fsp3) is 0.429. The normalized spacial score (nSPS) is 16.3. The number of benzene rings is 1. The maximum atomic E-state index is 12.6. The molecule has 1 saturated heterocycles. The number of carbonyl (C=O) groups is 2. The van der Waals surface area contributed by atoms with Crippen LogP contribution in [0.1, 0.15) is 53.5 Å². The third-order valence-corrected chi connectivity index (χ3v) is 5.99. The lowest BCUT2D eigenvalue weighted by Gasteiger charge is -2.31. The van der Waals surface area contributed by atoms with Gasteiger partial charge in [-0.15, -0.1) is 11.3 Å². The minimum atomic E-state index is -0.0141. The van der Waals surface area contributed by atoms with Gasteiger partial charge in [0.05, 0.1) is 10.9 Å². The van der Waals surface area contributed by atoms with Crippen LogP contribution in [0.25, 0.3) is 0 Å². The van der Waals surface area contributed by atoms with E-state index in [9.17, 15) is 9.59 Å². The van der Waals surface area contributed by atoms with Crippen LogP contribution in [0.4, 0.5) is 0 Å². The predicted molar refractivity (Wildman–Crippen MR) is 105 cm³/mol. The molecule has 0 spiro atoms. The Labute approximate surface area is 159 Å². The summed E-state index contributed by atoms with van der Waals surface area (Å²) in [6.45, 7) is 5.45. The summed E-state index contributed by atoms with van der Waals surface area (Å²) in [5.41, 5.74) is 2.43. The minimum absolute atomic E-state index is 0.000753. The van der Waals surface area contributed by atoms with Crippen molar-refractivity contribution in [3.05, 3.63) is 57.8 Å². The van der Waals surface area contributed by atoms with Crippen LogP contribution >= 0.6 is 11.3 Å². The third kappa shape index (κ3) is 4.33. The first kappa shape index (κ1) is 18.6. The maximum absolute atomic E-state index is 12.6. The molecule has 1 aliphatic heterocycles. The number of aryl methyl sites for hydroxylation is 1. The Kier molecular flexibility index (Phi) is 6.09. The summed E-state index contributed by atoms with van der Waals surface area (Å²) in [5, 5.41) is 5.05. The molecule has 2 amide bonds. The molecule has 1 atom stereocenters. The summed E-state index contributed by atoms with van der Waals surface area (Å²) in [6, 6.07) is 12.2. The average Bonchev–Trinajstić information content (AvgIpc) is 3.22. The van der Waals surface area contributed by atoms with E-state index in [2.05, 4.69) is 36.5 Å². The maximum Gasteiger partial charge on any atom is 0.263 e. The van der Waals surface area contributed by atoms with E-state index >= 15 is 0 Å². The van der Waals surface area contributed by atoms with Crippen molar-refractivity contribution in [3.8, 4) is 0 Å². The lowest BCUT2D eigenvalue weighted by atomic mass is 9.95. The summed E-state index contributed by atoms with van der Waals surface area (Å²) in [4.78, 5) is 27.6. The zero-order valence-electron chi connectivity index (χ0n) is 15.4. The molecule has 5 heteroatoms. The Morgan fingerprint density at radius 2 is 1.88 bits per heavy atom. The van der Waals surface area contributed by atoms with Crippen LogP contribution < -0.4 is 5.32 Å². The fourth-order valence-corrected chi connectivity index (χ4v) is 4.05. The van der Waals surface area contributed by atoms with Crippen molar-refractivity contribution in [2.75, 3.05) is 13.1 Å². The molecule has 26 heavy (non-hydrogen) atoms. The highest BCUT2D eigenvalue weighted by Gasteiger charge is 2.28. The Morgan fingerprint density at radius 1 is 1.19 bits per heavy atom. The molecule has 1 aliphatic rings. The predicted octanol–water partition coefficient (Wildman–Crippen LogP) is 4.04. The molecule has 1 fully saturated rings. The molecule has 1 N–H and O–H groups in total. The van der Waals surface area contributed by atoms with Gasteiger partial charge < -0.3 is 10.2 Å². The molecular formula is C21H26N2O2S. The Bertz CT molecular complexity index is 732. The molecule has 0 bridgehead atoms. The van der Waals surface area contributed by atoms with E-state index in [0.29, 0.717) is 13.1 Å². The number of hydrogen-bond acceptors (Lipinski definition) is 3. The third-order valence-electron chi connectivity index (χ3n) is 5.13. The van der Waals surface area contributed by atoms with Crippen molar-refractivity contribution >= 4 is 23.2 Å². The Hall–Kier alpha value is -2.14. The van der Waals surface area contributed by atoms with Gasteiger partial charge in [-0.2, -0.15) is 0 Å². The van der Waals surface area contributed by atoms with Crippen LogP contribution in [0, 0.1) is 5.92 Å². The number of amides is 2. The van der Waals surface area contributed by atoms with Crippen molar-refractivity contribution in [2.45, 2.75) is 39.2 Å². The second kappa shape index (κ2) is 8.49. The molecule has 1 aromatic carbocycles. The lowest BCUT2D eigenvalue weighted by molar-refractivity contribution is -0.126. The number of nitrogens with one attached hydrogen (secondary N) is 1. The second-order valence-corrected chi connectivity index (χ2v) is 7.82. The number of rotatable bonds is 5. The molecule has 0 aliphatic carbocycles. The first-order chi connectivity index (χ1) is 12.6. The number of thiophene rings is 1. The molecule has 0 radical (unpaired) electrons. The zero-order valence-corrected chi connectivity index (χ0v) is 16.2. The number of likely N-dealkylation sites (tertiary alicyclic amines) is 1. The standard InChI is InChI=1S/C21H26N2O2S/c1-3-16-6-8-17(9-7-16)15(2)22-20(24)18-10-12-23(13-11-18)21(25)19-5-4-14-26-19/h4-9,14-15,18H,3,10-13H2,1-2H3,(H,22,24). The Balaban J connectivity index is 1.50. The summed E-state index contributed by atoms with van der Waals surface area (Å²) in [7, 11) is 0. The van der Waals surface area contributed by atoms with Gasteiger partial charge in [-0.05, 0) is 48.8 Å². The molecule has 1 aromatic heterocycles. The van der Waals surface area contributed by atoms with Crippen LogP contribution in [0.15, 0.2) is 41.8 Å². The molecule has 138 valence electrons. The topological polar surface area (TPSA) is 49.4 Å². The van der Waals surface area contributed by atoms with Crippen LogP contribution in [-0.2, 0) is 11.2 Å². The number of carbonyl (C=O) groups excluding carboxylic acids is 2. The number of hydrogen-bond donors (Lipinski definition) is 1. The average molecular weight is 371 g/mol. The van der Waals surface area contributed by atoms with Gasteiger partial charge in [0.15, 0.2) is 0 Å². The van der Waals surface area contributed by atoms with Crippen molar-refractivity contribution < 1.29 is 9.59 Å². The van der Waals surface area contributed by atoms with E-state index in [1.165, 1.54) is 16.9 Å². The number of piperidine rings is 1. The smallest absolute Gasteiger partial charge is 0.263 e. The van der Waals surface area contributed by atoms with E-state index in [0.717, 1.165) is 29.7 Å². The minimum Gasteiger partial charge on any atom is -0.349 e.